The number of nitrogens with zero attached hydrogens (tertiary/aromatic N) is 1. The van der Waals surface area contributed by atoms with Crippen molar-refractivity contribution < 1.29 is 14.3 Å². The van der Waals surface area contributed by atoms with Crippen molar-refractivity contribution in [2.75, 3.05) is 26.4 Å². The summed E-state index contributed by atoms with van der Waals surface area (Å²) in [6.07, 6.45) is 1.49. The lowest BCUT2D eigenvalue weighted by atomic mass is 10.1. The number of likely N-dealkylation sites (tertiary alicyclic amines) is 1. The molecule has 6 nitrogen and oxygen atoms in total. The molecule has 6 heteroatoms. The fraction of sp³-hybridized carbons (Fsp3) is 0.429. The van der Waals surface area contributed by atoms with Crippen molar-refractivity contribution in [1.82, 2.24) is 10.2 Å². The van der Waals surface area contributed by atoms with Crippen LogP contribution in [0.3, 0.4) is 0 Å². The molecule has 0 aliphatic carbocycles. The zero-order chi connectivity index (χ0) is 14.7. The molecule has 108 valence electrons. The van der Waals surface area contributed by atoms with E-state index in [9.17, 15) is 9.59 Å². The molecule has 0 spiro atoms. The Labute approximate surface area is 117 Å². The first-order valence-corrected chi connectivity index (χ1v) is 6.55. The number of nitrogens with one attached hydrogen (secondary N) is 1. The Morgan fingerprint density at radius 2 is 2.20 bits per heavy atom. The summed E-state index contributed by atoms with van der Waals surface area (Å²) >= 11 is 0. The molecule has 1 aromatic carbocycles. The minimum absolute atomic E-state index is 0.141. The largest absolute Gasteiger partial charge is 0.495 e. The number of likely N-dealkylation sites (N-methyl/N-ethyl adjacent to an activating group) is 1. The van der Waals surface area contributed by atoms with Gasteiger partial charge in [-0.1, -0.05) is 6.07 Å². The van der Waals surface area contributed by atoms with Gasteiger partial charge in [-0.25, -0.2) is 0 Å². The molecule has 0 radical (unpaired) electrons. The van der Waals surface area contributed by atoms with E-state index in [2.05, 4.69) is 5.32 Å². The van der Waals surface area contributed by atoms with E-state index >= 15 is 0 Å². The van der Waals surface area contributed by atoms with Crippen LogP contribution in [0.15, 0.2) is 18.2 Å². The normalized spacial score (nSPS) is 17.9. The molecule has 1 aliphatic rings. The number of ether oxygens (including phenoxy) is 1. The van der Waals surface area contributed by atoms with Crippen LogP contribution in [0.2, 0.25) is 0 Å². The van der Waals surface area contributed by atoms with E-state index < -0.39 is 6.04 Å². The van der Waals surface area contributed by atoms with Crippen LogP contribution >= 0.6 is 0 Å². The number of amides is 2. The molecule has 1 unspecified atom stereocenters. The highest BCUT2D eigenvalue weighted by molar-refractivity contribution is 6.02. The molecule has 3 N–H and O–H groups in total. The summed E-state index contributed by atoms with van der Waals surface area (Å²) in [5.41, 5.74) is 6.63. The van der Waals surface area contributed by atoms with Crippen molar-refractivity contribution in [2.45, 2.75) is 18.9 Å². The topological polar surface area (TPSA) is 84.7 Å². The van der Waals surface area contributed by atoms with Crippen LogP contribution in [0.5, 0.6) is 5.75 Å². The molecule has 2 amide bonds. The SMILES string of the molecule is CNC(=O)C1CCCN1C(=O)c1cccc(OC)c1N. The van der Waals surface area contributed by atoms with Gasteiger partial charge in [-0.15, -0.1) is 0 Å². The maximum absolute atomic E-state index is 12.6. The van der Waals surface area contributed by atoms with Gasteiger partial charge in [0.1, 0.15) is 11.8 Å². The quantitative estimate of drug-likeness (QED) is 0.794. The Hall–Kier alpha value is -2.24. The number of hydrogen-bond donors (Lipinski definition) is 2. The smallest absolute Gasteiger partial charge is 0.256 e. The van der Waals surface area contributed by atoms with E-state index in [4.69, 9.17) is 10.5 Å². The molecule has 0 bridgehead atoms. The lowest BCUT2D eigenvalue weighted by molar-refractivity contribution is -0.124. The molecule has 0 saturated carbocycles. The monoisotopic (exact) mass is 277 g/mol. The molecule has 2 rings (SSSR count). The maximum atomic E-state index is 12.6. The summed E-state index contributed by atoms with van der Waals surface area (Å²) in [4.78, 5) is 26.0. The molecule has 1 aromatic rings. The van der Waals surface area contributed by atoms with Gasteiger partial charge in [0.2, 0.25) is 5.91 Å². The second-order valence-electron chi connectivity index (χ2n) is 4.69. The van der Waals surface area contributed by atoms with Gasteiger partial charge in [-0.05, 0) is 25.0 Å². The number of benzene rings is 1. The van der Waals surface area contributed by atoms with Crippen LogP contribution < -0.4 is 15.8 Å². The minimum Gasteiger partial charge on any atom is -0.495 e. The first kappa shape index (κ1) is 14.2. The minimum atomic E-state index is -0.418. The van der Waals surface area contributed by atoms with E-state index in [0.717, 1.165) is 6.42 Å². The highest BCUT2D eigenvalue weighted by Gasteiger charge is 2.34. The van der Waals surface area contributed by atoms with Gasteiger partial charge in [0.25, 0.3) is 5.91 Å². The molecule has 20 heavy (non-hydrogen) atoms. The molecular formula is C14H19N3O3. The van der Waals surface area contributed by atoms with Crippen molar-refractivity contribution in [3.63, 3.8) is 0 Å². The van der Waals surface area contributed by atoms with Crippen LogP contribution in [0.1, 0.15) is 23.2 Å². The van der Waals surface area contributed by atoms with Crippen LogP contribution in [0, 0.1) is 0 Å². The van der Waals surface area contributed by atoms with Gasteiger partial charge in [-0.3, -0.25) is 9.59 Å². The zero-order valence-electron chi connectivity index (χ0n) is 11.7. The molecule has 1 fully saturated rings. The lowest BCUT2D eigenvalue weighted by Gasteiger charge is -2.24. The van der Waals surface area contributed by atoms with Gasteiger partial charge >= 0.3 is 0 Å². The van der Waals surface area contributed by atoms with Crippen molar-refractivity contribution in [1.29, 1.82) is 0 Å². The third-order valence-corrected chi connectivity index (χ3v) is 3.58. The predicted octanol–water partition coefficient (Wildman–Crippen LogP) is 0.628. The average molecular weight is 277 g/mol. The second-order valence-corrected chi connectivity index (χ2v) is 4.69. The number of nitrogen functional groups attached to an aromatic ring is 1. The van der Waals surface area contributed by atoms with Crippen LogP contribution in [-0.2, 0) is 4.79 Å². The summed E-state index contributed by atoms with van der Waals surface area (Å²) in [6.45, 7) is 0.563. The summed E-state index contributed by atoms with van der Waals surface area (Å²) < 4.78 is 5.12. The van der Waals surface area contributed by atoms with Crippen molar-refractivity contribution >= 4 is 17.5 Å². The van der Waals surface area contributed by atoms with E-state index in [1.54, 1.807) is 30.1 Å². The van der Waals surface area contributed by atoms with Crippen molar-refractivity contribution in [2.24, 2.45) is 0 Å². The fourth-order valence-corrected chi connectivity index (χ4v) is 2.51. The van der Waals surface area contributed by atoms with E-state index in [-0.39, 0.29) is 11.8 Å². The van der Waals surface area contributed by atoms with Crippen molar-refractivity contribution in [3.05, 3.63) is 23.8 Å². The molecular weight excluding hydrogens is 258 g/mol. The highest BCUT2D eigenvalue weighted by Crippen LogP contribution is 2.28. The van der Waals surface area contributed by atoms with Gasteiger partial charge in [-0.2, -0.15) is 0 Å². The second kappa shape index (κ2) is 5.81. The van der Waals surface area contributed by atoms with Crippen molar-refractivity contribution in [3.8, 4) is 5.75 Å². The third-order valence-electron chi connectivity index (χ3n) is 3.58. The zero-order valence-corrected chi connectivity index (χ0v) is 11.7. The molecule has 1 saturated heterocycles. The highest BCUT2D eigenvalue weighted by atomic mass is 16.5. The number of carbonyl (C=O) groups is 2. The Balaban J connectivity index is 2.29. The van der Waals surface area contributed by atoms with E-state index in [1.165, 1.54) is 7.11 Å². The van der Waals surface area contributed by atoms with Crippen LogP contribution in [-0.4, -0.2) is 43.5 Å². The van der Waals surface area contributed by atoms with Gasteiger partial charge in [0.15, 0.2) is 0 Å². The maximum Gasteiger partial charge on any atom is 0.256 e. The number of methoxy groups -OCH3 is 1. The van der Waals surface area contributed by atoms with Gasteiger partial charge in [0, 0.05) is 13.6 Å². The Morgan fingerprint density at radius 3 is 2.85 bits per heavy atom. The first-order valence-electron chi connectivity index (χ1n) is 6.55. The molecule has 1 heterocycles. The number of nitrogens with two attached hydrogens (primary N) is 1. The number of carbonyl (C=O) groups excluding carboxylic acids is 2. The third kappa shape index (κ3) is 2.41. The lowest BCUT2D eigenvalue weighted by Crippen LogP contribution is -2.45. The predicted molar refractivity (Wildman–Crippen MR) is 75.5 cm³/mol. The van der Waals surface area contributed by atoms with E-state index in [1.807, 2.05) is 0 Å². The summed E-state index contributed by atoms with van der Waals surface area (Å²) in [6, 6.07) is 4.65. The fourth-order valence-electron chi connectivity index (χ4n) is 2.51. The average Bonchev–Trinajstić information content (AvgIpc) is 2.95. The number of anilines is 1. The Kier molecular flexibility index (Phi) is 4.12. The number of hydrogen-bond acceptors (Lipinski definition) is 4. The number of rotatable bonds is 3. The molecule has 1 aliphatic heterocycles. The Bertz CT molecular complexity index is 530. The summed E-state index contributed by atoms with van der Waals surface area (Å²) in [5, 5.41) is 2.59. The molecule has 0 aromatic heterocycles. The standard InChI is InChI=1S/C14H19N3O3/c1-16-13(18)10-6-4-8-17(10)14(19)9-5-3-7-11(20-2)12(9)15/h3,5,7,10H,4,6,8,15H2,1-2H3,(H,16,18). The van der Waals surface area contributed by atoms with Gasteiger partial charge < -0.3 is 20.7 Å². The van der Waals surface area contributed by atoms with Crippen LogP contribution in [0.4, 0.5) is 5.69 Å². The molecule has 1 atom stereocenters. The van der Waals surface area contributed by atoms with Gasteiger partial charge in [0.05, 0.1) is 18.4 Å². The Morgan fingerprint density at radius 1 is 1.45 bits per heavy atom. The number of para-hydroxylation sites is 1. The first-order chi connectivity index (χ1) is 9.60. The van der Waals surface area contributed by atoms with E-state index in [0.29, 0.717) is 30.0 Å². The summed E-state index contributed by atoms with van der Waals surface area (Å²) in [7, 11) is 3.08. The summed E-state index contributed by atoms with van der Waals surface area (Å²) in [5.74, 6) is 0.0938. The van der Waals surface area contributed by atoms with Crippen LogP contribution in [0.25, 0.3) is 0 Å².